The highest BCUT2D eigenvalue weighted by Gasteiger charge is 2.19. The molecule has 0 heterocycles. The highest BCUT2D eigenvalue weighted by atomic mass is 16.5. The van der Waals surface area contributed by atoms with Gasteiger partial charge in [-0.05, 0) is 13.8 Å². The van der Waals surface area contributed by atoms with Crippen LogP contribution in [0.3, 0.4) is 0 Å². The van der Waals surface area contributed by atoms with Crippen molar-refractivity contribution in [3.63, 3.8) is 0 Å². The second-order valence-corrected chi connectivity index (χ2v) is 3.12. The van der Waals surface area contributed by atoms with E-state index < -0.39 is 5.97 Å². The summed E-state index contributed by atoms with van der Waals surface area (Å²) in [5.74, 6) is -0.875. The number of esters is 1. The van der Waals surface area contributed by atoms with Crippen LogP contribution in [0.25, 0.3) is 0 Å². The first-order valence-corrected chi connectivity index (χ1v) is 5.13. The van der Waals surface area contributed by atoms with Gasteiger partial charge >= 0.3 is 5.97 Å². The first-order valence-electron chi connectivity index (χ1n) is 5.13. The molecule has 0 amide bonds. The Labute approximate surface area is 94.7 Å². The molecule has 0 atom stereocenters. The number of hydrogen-bond acceptors (Lipinski definition) is 3. The van der Waals surface area contributed by atoms with Crippen molar-refractivity contribution in [2.45, 2.75) is 13.8 Å². The molecule has 1 rings (SSSR count). The Morgan fingerprint density at radius 3 is 2.38 bits per heavy atom. The summed E-state index contributed by atoms with van der Waals surface area (Å²) >= 11 is 0. The third-order valence-corrected chi connectivity index (χ3v) is 2.06. The minimum absolute atomic E-state index is 0.0769. The van der Waals surface area contributed by atoms with Crippen molar-refractivity contribution < 1.29 is 14.3 Å². The third kappa shape index (κ3) is 2.79. The molecule has 16 heavy (non-hydrogen) atoms. The summed E-state index contributed by atoms with van der Waals surface area (Å²) in [5, 5.41) is 0. The highest BCUT2D eigenvalue weighted by Crippen LogP contribution is 2.09. The number of benzene rings is 1. The van der Waals surface area contributed by atoms with Crippen LogP contribution in [-0.4, -0.2) is 18.4 Å². The van der Waals surface area contributed by atoms with Gasteiger partial charge < -0.3 is 4.74 Å². The highest BCUT2D eigenvalue weighted by molar-refractivity contribution is 6.24. The Morgan fingerprint density at radius 2 is 1.88 bits per heavy atom. The van der Waals surface area contributed by atoms with E-state index >= 15 is 0 Å². The fraction of sp³-hybridized carbons (Fsp3) is 0.231. The van der Waals surface area contributed by atoms with E-state index in [2.05, 4.69) is 0 Å². The molecule has 1 aromatic rings. The maximum absolute atomic E-state index is 11.9. The number of carbonyl (C=O) groups is 2. The van der Waals surface area contributed by atoms with Crippen LogP contribution in [0.1, 0.15) is 24.2 Å². The predicted octanol–water partition coefficient (Wildman–Crippen LogP) is 2.38. The Balaban J connectivity index is 2.92. The Hall–Kier alpha value is -1.90. The quantitative estimate of drug-likeness (QED) is 0.256. The molecule has 84 valence electrons. The normalized spacial score (nSPS) is 11.0. The van der Waals surface area contributed by atoms with Gasteiger partial charge in [0.15, 0.2) is 5.78 Å². The molecule has 0 spiro atoms. The lowest BCUT2D eigenvalue weighted by atomic mass is 10.0. The minimum Gasteiger partial charge on any atom is -0.462 e. The fourth-order valence-electron chi connectivity index (χ4n) is 1.30. The number of rotatable bonds is 4. The van der Waals surface area contributed by atoms with Gasteiger partial charge in [0, 0.05) is 5.56 Å². The van der Waals surface area contributed by atoms with Crippen LogP contribution >= 0.6 is 0 Å². The lowest BCUT2D eigenvalue weighted by Crippen LogP contribution is -2.15. The van der Waals surface area contributed by atoms with Crippen LogP contribution in [-0.2, 0) is 9.53 Å². The van der Waals surface area contributed by atoms with Crippen molar-refractivity contribution >= 4 is 11.8 Å². The second-order valence-electron chi connectivity index (χ2n) is 3.12. The molecule has 0 aliphatic rings. The first kappa shape index (κ1) is 12.2. The summed E-state index contributed by atoms with van der Waals surface area (Å²) in [6.07, 6.45) is 1.48. The predicted molar refractivity (Wildman–Crippen MR) is 61.2 cm³/mol. The van der Waals surface area contributed by atoms with Crippen molar-refractivity contribution in [2.75, 3.05) is 6.61 Å². The number of hydrogen-bond donors (Lipinski definition) is 0. The lowest BCUT2D eigenvalue weighted by molar-refractivity contribution is -0.138. The molecule has 0 fully saturated rings. The summed E-state index contributed by atoms with van der Waals surface area (Å²) in [4.78, 5) is 23.4. The molecular weight excluding hydrogens is 204 g/mol. The summed E-state index contributed by atoms with van der Waals surface area (Å²) in [7, 11) is 0. The lowest BCUT2D eigenvalue weighted by Gasteiger charge is -2.05. The summed E-state index contributed by atoms with van der Waals surface area (Å²) in [6.45, 7) is 3.61. The number of Topliss-reactive ketones (excluding diaryl/α,β-unsaturated/α-hetero) is 1. The van der Waals surface area contributed by atoms with Crippen LogP contribution in [0.15, 0.2) is 42.0 Å². The van der Waals surface area contributed by atoms with E-state index in [0.29, 0.717) is 5.56 Å². The van der Waals surface area contributed by atoms with E-state index in [1.54, 1.807) is 38.1 Å². The molecule has 0 radical (unpaired) electrons. The summed E-state index contributed by atoms with van der Waals surface area (Å²) in [6, 6.07) is 8.67. The van der Waals surface area contributed by atoms with Crippen LogP contribution in [0.4, 0.5) is 0 Å². The molecule has 0 aliphatic heterocycles. The Bertz CT molecular complexity index is 404. The molecule has 0 aromatic heterocycles. The van der Waals surface area contributed by atoms with Gasteiger partial charge in [-0.1, -0.05) is 36.4 Å². The van der Waals surface area contributed by atoms with Crippen LogP contribution in [0, 0.1) is 0 Å². The zero-order valence-corrected chi connectivity index (χ0v) is 9.40. The molecule has 3 heteroatoms. The average Bonchev–Trinajstić information content (AvgIpc) is 2.31. The maximum Gasteiger partial charge on any atom is 0.341 e. The van der Waals surface area contributed by atoms with Crippen molar-refractivity contribution in [2.24, 2.45) is 0 Å². The summed E-state index contributed by atoms with van der Waals surface area (Å²) in [5.41, 5.74) is 0.566. The van der Waals surface area contributed by atoms with Gasteiger partial charge in [0.1, 0.15) is 5.57 Å². The van der Waals surface area contributed by atoms with E-state index in [0.717, 1.165) is 0 Å². The molecular formula is C13H14O3. The van der Waals surface area contributed by atoms with Gasteiger partial charge in [-0.2, -0.15) is 0 Å². The number of carbonyl (C=O) groups excluding carboxylic acids is 2. The van der Waals surface area contributed by atoms with Crippen LogP contribution < -0.4 is 0 Å². The first-order chi connectivity index (χ1) is 7.70. The Morgan fingerprint density at radius 1 is 1.25 bits per heavy atom. The molecule has 0 saturated heterocycles. The van der Waals surface area contributed by atoms with Crippen molar-refractivity contribution in [3.05, 3.63) is 47.5 Å². The van der Waals surface area contributed by atoms with Gasteiger partial charge in [-0.3, -0.25) is 4.79 Å². The number of allylic oxidation sites excluding steroid dienone is 1. The van der Waals surface area contributed by atoms with E-state index in [-0.39, 0.29) is 18.0 Å². The van der Waals surface area contributed by atoms with E-state index in [1.807, 2.05) is 6.07 Å². The van der Waals surface area contributed by atoms with E-state index in [1.165, 1.54) is 6.08 Å². The molecule has 0 saturated carbocycles. The third-order valence-electron chi connectivity index (χ3n) is 2.06. The largest absolute Gasteiger partial charge is 0.462 e. The zero-order valence-electron chi connectivity index (χ0n) is 9.40. The Kier molecular flexibility index (Phi) is 4.45. The average molecular weight is 218 g/mol. The van der Waals surface area contributed by atoms with Crippen LogP contribution in [0.5, 0.6) is 0 Å². The van der Waals surface area contributed by atoms with Crippen molar-refractivity contribution in [1.82, 2.24) is 0 Å². The minimum atomic E-state index is -0.571. The van der Waals surface area contributed by atoms with Gasteiger partial charge in [0.25, 0.3) is 0 Å². The second kappa shape index (κ2) is 5.85. The smallest absolute Gasteiger partial charge is 0.341 e. The molecule has 1 aromatic carbocycles. The number of ketones is 1. The van der Waals surface area contributed by atoms with Gasteiger partial charge in [-0.25, -0.2) is 4.79 Å². The molecule has 0 bridgehead atoms. The zero-order chi connectivity index (χ0) is 12.0. The number of ether oxygens (including phenoxy) is 1. The van der Waals surface area contributed by atoms with Gasteiger partial charge in [-0.15, -0.1) is 0 Å². The maximum atomic E-state index is 11.9. The monoisotopic (exact) mass is 218 g/mol. The van der Waals surface area contributed by atoms with E-state index in [4.69, 9.17) is 4.74 Å². The van der Waals surface area contributed by atoms with E-state index in [9.17, 15) is 9.59 Å². The summed E-state index contributed by atoms with van der Waals surface area (Å²) < 4.78 is 4.81. The SMILES string of the molecule is C/C=C(\C(=O)OCC)C(=O)c1ccccc1. The van der Waals surface area contributed by atoms with Crippen molar-refractivity contribution in [1.29, 1.82) is 0 Å². The molecule has 0 unspecified atom stereocenters. The van der Waals surface area contributed by atoms with Gasteiger partial charge in [0.2, 0.25) is 0 Å². The topological polar surface area (TPSA) is 43.4 Å². The standard InChI is InChI=1S/C13H14O3/c1-3-11(13(15)16-4-2)12(14)10-8-6-5-7-9-10/h3,5-9H,4H2,1-2H3/b11-3-. The van der Waals surface area contributed by atoms with Crippen molar-refractivity contribution in [3.8, 4) is 0 Å². The molecule has 3 nitrogen and oxygen atoms in total. The molecule has 0 N–H and O–H groups in total. The molecule has 0 aliphatic carbocycles. The fourth-order valence-corrected chi connectivity index (χ4v) is 1.30. The van der Waals surface area contributed by atoms with Gasteiger partial charge in [0.05, 0.1) is 6.61 Å². The van der Waals surface area contributed by atoms with Crippen LogP contribution in [0.2, 0.25) is 0 Å².